The molecule has 82 valence electrons. The predicted molar refractivity (Wildman–Crippen MR) is 57.9 cm³/mol. The van der Waals surface area contributed by atoms with Crippen molar-refractivity contribution in [3.05, 3.63) is 34.1 Å². The Bertz CT molecular complexity index is 370. The van der Waals surface area contributed by atoms with Crippen molar-refractivity contribution in [3.63, 3.8) is 0 Å². The molecule has 1 unspecified atom stereocenters. The number of hydrogen-bond acceptors (Lipinski definition) is 3. The normalized spacial score (nSPS) is 12.3. The monoisotopic (exact) mass is 275 g/mol. The number of esters is 1. The summed E-state index contributed by atoms with van der Waals surface area (Å²) in [4.78, 5) is 11.3. The molecule has 0 aliphatic heterocycles. The Kier molecular flexibility index (Phi) is 4.23. The van der Waals surface area contributed by atoms with Gasteiger partial charge in [0.25, 0.3) is 0 Å². The van der Waals surface area contributed by atoms with E-state index in [-0.39, 0.29) is 12.1 Å². The molecule has 0 amide bonds. The van der Waals surface area contributed by atoms with Crippen molar-refractivity contribution < 1.29 is 13.9 Å². The smallest absolute Gasteiger partial charge is 0.314 e. The van der Waals surface area contributed by atoms with E-state index >= 15 is 0 Å². The number of carbonyl (C=O) groups excluding carboxylic acids is 1. The second-order valence-corrected chi connectivity index (χ2v) is 3.89. The molecule has 3 nitrogen and oxygen atoms in total. The van der Waals surface area contributed by atoms with E-state index in [4.69, 9.17) is 5.73 Å². The fourth-order valence-electron chi connectivity index (χ4n) is 1.27. The summed E-state index contributed by atoms with van der Waals surface area (Å²) in [6, 6.07) is 4.37. The summed E-state index contributed by atoms with van der Waals surface area (Å²) < 4.78 is 18.7. The van der Waals surface area contributed by atoms with Crippen molar-refractivity contribution in [1.82, 2.24) is 0 Å². The lowest BCUT2D eigenvalue weighted by molar-refractivity contribution is -0.142. The van der Waals surface area contributed by atoms with Crippen molar-refractivity contribution in [2.75, 3.05) is 13.7 Å². The Hall–Kier alpha value is -0.940. The van der Waals surface area contributed by atoms with E-state index < -0.39 is 17.7 Å². The van der Waals surface area contributed by atoms with Crippen LogP contribution in [0.1, 0.15) is 11.5 Å². The molecular weight excluding hydrogens is 265 g/mol. The number of ether oxygens (including phenoxy) is 1. The molecule has 0 spiro atoms. The zero-order valence-corrected chi connectivity index (χ0v) is 9.75. The van der Waals surface area contributed by atoms with Gasteiger partial charge in [-0.3, -0.25) is 4.79 Å². The minimum absolute atomic E-state index is 0.0139. The molecule has 0 aliphatic rings. The first-order valence-corrected chi connectivity index (χ1v) is 5.12. The zero-order valence-electron chi connectivity index (χ0n) is 8.17. The van der Waals surface area contributed by atoms with Gasteiger partial charge >= 0.3 is 5.97 Å². The van der Waals surface area contributed by atoms with Crippen LogP contribution in [0.25, 0.3) is 0 Å². The van der Waals surface area contributed by atoms with Crippen molar-refractivity contribution in [3.8, 4) is 0 Å². The molecular formula is C10H11BrFNO2. The summed E-state index contributed by atoms with van der Waals surface area (Å²) in [7, 11) is 1.25. The average Bonchev–Trinajstić information content (AvgIpc) is 2.23. The van der Waals surface area contributed by atoms with E-state index in [9.17, 15) is 9.18 Å². The summed E-state index contributed by atoms with van der Waals surface area (Å²) in [6.45, 7) is 0.0139. The molecule has 0 fully saturated rings. The topological polar surface area (TPSA) is 52.3 Å². The lowest BCUT2D eigenvalue weighted by Crippen LogP contribution is -2.23. The molecule has 0 radical (unpaired) electrons. The van der Waals surface area contributed by atoms with Crippen LogP contribution in [0.5, 0.6) is 0 Å². The molecule has 1 atom stereocenters. The van der Waals surface area contributed by atoms with Gasteiger partial charge in [0.2, 0.25) is 0 Å². The van der Waals surface area contributed by atoms with Gasteiger partial charge in [-0.05, 0) is 18.2 Å². The largest absolute Gasteiger partial charge is 0.469 e. The highest BCUT2D eigenvalue weighted by molar-refractivity contribution is 9.10. The number of rotatable bonds is 3. The van der Waals surface area contributed by atoms with Crippen LogP contribution in [-0.4, -0.2) is 19.6 Å². The first-order valence-electron chi connectivity index (χ1n) is 4.33. The molecule has 1 rings (SSSR count). The highest BCUT2D eigenvalue weighted by Gasteiger charge is 2.23. The van der Waals surface area contributed by atoms with Gasteiger partial charge in [-0.25, -0.2) is 4.39 Å². The number of halogens is 2. The van der Waals surface area contributed by atoms with Crippen molar-refractivity contribution >= 4 is 21.9 Å². The van der Waals surface area contributed by atoms with Gasteiger partial charge in [-0.15, -0.1) is 0 Å². The summed E-state index contributed by atoms with van der Waals surface area (Å²) in [5.41, 5.74) is 5.67. The Balaban J connectivity index is 3.11. The van der Waals surface area contributed by atoms with Gasteiger partial charge in [0, 0.05) is 16.6 Å². The first kappa shape index (κ1) is 12.1. The van der Waals surface area contributed by atoms with E-state index in [1.54, 1.807) is 6.07 Å². The quantitative estimate of drug-likeness (QED) is 0.856. The maximum absolute atomic E-state index is 13.4. The Morgan fingerprint density at radius 2 is 2.33 bits per heavy atom. The molecule has 15 heavy (non-hydrogen) atoms. The van der Waals surface area contributed by atoms with Crippen molar-refractivity contribution in [1.29, 1.82) is 0 Å². The molecule has 0 heterocycles. The summed E-state index contributed by atoms with van der Waals surface area (Å²) >= 11 is 3.21. The molecule has 5 heteroatoms. The third-order valence-electron chi connectivity index (χ3n) is 2.05. The lowest BCUT2D eigenvalue weighted by atomic mass is 9.99. The van der Waals surface area contributed by atoms with Gasteiger partial charge in [0.15, 0.2) is 0 Å². The minimum atomic E-state index is -0.757. The van der Waals surface area contributed by atoms with Crippen molar-refractivity contribution in [2.45, 2.75) is 5.92 Å². The predicted octanol–water partition coefficient (Wildman–Crippen LogP) is 1.80. The highest BCUT2D eigenvalue weighted by Crippen LogP contribution is 2.23. The molecule has 0 bridgehead atoms. The Labute approximate surface area is 95.5 Å². The van der Waals surface area contributed by atoms with E-state index in [2.05, 4.69) is 20.7 Å². The summed E-state index contributed by atoms with van der Waals surface area (Å²) in [5.74, 6) is -1.75. The standard InChI is InChI=1S/C10H11BrFNO2/c1-15-10(14)8(5-13)7-4-6(11)2-3-9(7)12/h2-4,8H,5,13H2,1H3. The molecule has 1 aromatic carbocycles. The van der Waals surface area contributed by atoms with Crippen LogP contribution in [0.3, 0.4) is 0 Å². The number of carbonyl (C=O) groups is 1. The van der Waals surface area contributed by atoms with Gasteiger partial charge in [0.05, 0.1) is 13.0 Å². The highest BCUT2D eigenvalue weighted by atomic mass is 79.9. The Morgan fingerprint density at radius 3 is 2.87 bits per heavy atom. The van der Waals surface area contributed by atoms with E-state index in [1.807, 2.05) is 0 Å². The van der Waals surface area contributed by atoms with Crippen LogP contribution in [0, 0.1) is 5.82 Å². The molecule has 1 aromatic rings. The van der Waals surface area contributed by atoms with Crippen LogP contribution in [-0.2, 0) is 9.53 Å². The van der Waals surface area contributed by atoms with Crippen LogP contribution in [0.2, 0.25) is 0 Å². The SMILES string of the molecule is COC(=O)C(CN)c1cc(Br)ccc1F. The Morgan fingerprint density at radius 1 is 1.67 bits per heavy atom. The fourth-order valence-corrected chi connectivity index (χ4v) is 1.65. The number of hydrogen-bond donors (Lipinski definition) is 1. The number of methoxy groups -OCH3 is 1. The number of nitrogens with two attached hydrogens (primary N) is 1. The van der Waals surface area contributed by atoms with Gasteiger partial charge in [-0.2, -0.15) is 0 Å². The lowest BCUT2D eigenvalue weighted by Gasteiger charge is -2.13. The molecule has 0 aromatic heterocycles. The van der Waals surface area contributed by atoms with Gasteiger partial charge in [0.1, 0.15) is 5.82 Å². The van der Waals surface area contributed by atoms with Crippen LogP contribution in [0.4, 0.5) is 4.39 Å². The molecule has 0 saturated carbocycles. The van der Waals surface area contributed by atoms with E-state index in [1.165, 1.54) is 19.2 Å². The van der Waals surface area contributed by atoms with E-state index in [0.717, 1.165) is 0 Å². The fraction of sp³-hybridized carbons (Fsp3) is 0.300. The zero-order chi connectivity index (χ0) is 11.4. The van der Waals surface area contributed by atoms with Crippen LogP contribution in [0.15, 0.2) is 22.7 Å². The maximum Gasteiger partial charge on any atom is 0.314 e. The van der Waals surface area contributed by atoms with Gasteiger partial charge in [-0.1, -0.05) is 15.9 Å². The average molecular weight is 276 g/mol. The molecule has 0 saturated heterocycles. The third-order valence-corrected chi connectivity index (χ3v) is 2.55. The minimum Gasteiger partial charge on any atom is -0.469 e. The number of benzene rings is 1. The van der Waals surface area contributed by atoms with Crippen LogP contribution >= 0.6 is 15.9 Å². The maximum atomic E-state index is 13.4. The second kappa shape index (κ2) is 5.23. The van der Waals surface area contributed by atoms with Gasteiger partial charge < -0.3 is 10.5 Å². The second-order valence-electron chi connectivity index (χ2n) is 2.98. The van der Waals surface area contributed by atoms with Crippen molar-refractivity contribution in [2.24, 2.45) is 5.73 Å². The molecule has 0 aliphatic carbocycles. The molecule has 2 N–H and O–H groups in total. The summed E-state index contributed by atoms with van der Waals surface area (Å²) in [6.07, 6.45) is 0. The summed E-state index contributed by atoms with van der Waals surface area (Å²) in [5, 5.41) is 0. The van der Waals surface area contributed by atoms with Crippen LogP contribution < -0.4 is 5.73 Å². The first-order chi connectivity index (χ1) is 7.10. The van der Waals surface area contributed by atoms with E-state index in [0.29, 0.717) is 4.47 Å². The third kappa shape index (κ3) is 2.76.